The third kappa shape index (κ3) is 5.77. The number of hydrogen-bond donors (Lipinski definition) is 2. The van der Waals surface area contributed by atoms with Crippen molar-refractivity contribution in [2.75, 3.05) is 32.1 Å². The largest absolute Gasteiger partial charge is 0.356 e. The maximum atomic E-state index is 11.2. The van der Waals surface area contributed by atoms with Gasteiger partial charge in [-0.25, -0.2) is 8.42 Å². The van der Waals surface area contributed by atoms with Crippen LogP contribution in [0.4, 0.5) is 0 Å². The molecule has 0 spiro atoms. The van der Waals surface area contributed by atoms with Gasteiger partial charge in [0.05, 0.1) is 5.75 Å². The van der Waals surface area contributed by atoms with Gasteiger partial charge in [0.2, 0.25) is 0 Å². The summed E-state index contributed by atoms with van der Waals surface area (Å²) in [5.74, 6) is 0.959. The molecule has 0 unspecified atom stereocenters. The highest BCUT2D eigenvalue weighted by molar-refractivity contribution is 7.90. The number of sulfone groups is 1. The number of aliphatic imine (C=N–C) groups is 1. The minimum atomic E-state index is -2.90. The van der Waals surface area contributed by atoms with Gasteiger partial charge in [-0.15, -0.1) is 11.3 Å². The van der Waals surface area contributed by atoms with Crippen LogP contribution < -0.4 is 10.6 Å². The fourth-order valence-electron chi connectivity index (χ4n) is 3.33. The number of rotatable bonds is 7. The Labute approximate surface area is 149 Å². The molecule has 1 fully saturated rings. The van der Waals surface area contributed by atoms with Gasteiger partial charge in [-0.2, -0.15) is 0 Å². The van der Waals surface area contributed by atoms with Crippen molar-refractivity contribution in [1.82, 2.24) is 10.6 Å². The van der Waals surface area contributed by atoms with Crippen LogP contribution in [0.25, 0.3) is 0 Å². The normalized spacial score (nSPS) is 18.3. The Morgan fingerprint density at radius 3 is 2.62 bits per heavy atom. The van der Waals surface area contributed by atoms with E-state index >= 15 is 0 Å². The number of hydrogen-bond acceptors (Lipinski definition) is 4. The van der Waals surface area contributed by atoms with Gasteiger partial charge in [0.1, 0.15) is 9.84 Å². The van der Waals surface area contributed by atoms with E-state index in [2.05, 4.69) is 33.1 Å². The third-order valence-electron chi connectivity index (χ3n) is 4.66. The first-order valence-corrected chi connectivity index (χ1v) is 11.6. The summed E-state index contributed by atoms with van der Waals surface area (Å²) in [6.07, 6.45) is 8.17. The lowest BCUT2D eigenvalue weighted by Gasteiger charge is -2.37. The van der Waals surface area contributed by atoms with E-state index in [0.29, 0.717) is 13.0 Å². The average Bonchev–Trinajstić information content (AvgIpc) is 3.09. The molecule has 1 aromatic rings. The van der Waals surface area contributed by atoms with E-state index in [4.69, 9.17) is 0 Å². The minimum Gasteiger partial charge on any atom is -0.356 e. The van der Waals surface area contributed by atoms with Gasteiger partial charge in [-0.1, -0.05) is 25.3 Å². The Bertz CT molecular complexity index is 618. The molecule has 2 N–H and O–H groups in total. The molecule has 1 aromatic heterocycles. The van der Waals surface area contributed by atoms with Gasteiger partial charge in [-0.3, -0.25) is 4.99 Å². The average molecular weight is 372 g/mol. The summed E-state index contributed by atoms with van der Waals surface area (Å²) < 4.78 is 22.4. The Kier molecular flexibility index (Phi) is 7.10. The Balaban J connectivity index is 1.88. The summed E-state index contributed by atoms with van der Waals surface area (Å²) in [5, 5.41) is 8.84. The van der Waals surface area contributed by atoms with Gasteiger partial charge >= 0.3 is 0 Å². The molecule has 0 atom stereocenters. The molecule has 2 rings (SSSR count). The number of thiophene rings is 1. The molecule has 1 heterocycles. The van der Waals surface area contributed by atoms with Crippen LogP contribution in [-0.2, 0) is 15.3 Å². The molecule has 0 saturated heterocycles. The standard InChI is InChI=1S/C17H29N3O2S2/c1-18-16(19-11-7-13-24(2,21)22)20-14-17(9-4-3-5-10-17)15-8-6-12-23-15/h6,8,12H,3-5,7,9-11,13-14H2,1-2H3,(H2,18,19,20). The van der Waals surface area contributed by atoms with E-state index in [1.807, 2.05) is 11.3 Å². The molecule has 0 aromatic carbocycles. The second-order valence-electron chi connectivity index (χ2n) is 6.65. The summed E-state index contributed by atoms with van der Waals surface area (Å²) in [7, 11) is -1.14. The first-order valence-electron chi connectivity index (χ1n) is 8.61. The summed E-state index contributed by atoms with van der Waals surface area (Å²) in [6, 6.07) is 4.38. The SMILES string of the molecule is CN=C(NCCCS(C)(=O)=O)NCC1(c2cccs2)CCCCC1. The zero-order valence-electron chi connectivity index (χ0n) is 14.7. The molecule has 0 radical (unpaired) electrons. The summed E-state index contributed by atoms with van der Waals surface area (Å²) in [5.41, 5.74) is 0.205. The second kappa shape index (κ2) is 8.85. The molecule has 1 saturated carbocycles. The first kappa shape index (κ1) is 19.2. The van der Waals surface area contributed by atoms with Crippen LogP contribution >= 0.6 is 11.3 Å². The van der Waals surface area contributed by atoms with Crippen LogP contribution in [0.1, 0.15) is 43.4 Å². The Morgan fingerprint density at radius 2 is 2.04 bits per heavy atom. The fourth-order valence-corrected chi connectivity index (χ4v) is 4.99. The summed E-state index contributed by atoms with van der Waals surface area (Å²) >= 11 is 1.84. The smallest absolute Gasteiger partial charge is 0.191 e. The summed E-state index contributed by atoms with van der Waals surface area (Å²) in [4.78, 5) is 5.73. The van der Waals surface area contributed by atoms with Crippen molar-refractivity contribution in [1.29, 1.82) is 0 Å². The van der Waals surface area contributed by atoms with Gasteiger partial charge in [0, 0.05) is 36.7 Å². The monoisotopic (exact) mass is 371 g/mol. The second-order valence-corrected chi connectivity index (χ2v) is 9.86. The van der Waals surface area contributed by atoms with Crippen molar-refractivity contribution in [3.05, 3.63) is 22.4 Å². The lowest BCUT2D eigenvalue weighted by atomic mass is 9.73. The van der Waals surface area contributed by atoms with Gasteiger partial charge < -0.3 is 10.6 Å². The molecule has 1 aliphatic carbocycles. The van der Waals surface area contributed by atoms with Crippen LogP contribution in [0, 0.1) is 0 Å². The Morgan fingerprint density at radius 1 is 1.29 bits per heavy atom. The number of guanidine groups is 1. The van der Waals surface area contributed by atoms with Crippen molar-refractivity contribution in [2.24, 2.45) is 4.99 Å². The molecular weight excluding hydrogens is 342 g/mol. The molecule has 1 aliphatic rings. The first-order chi connectivity index (χ1) is 11.5. The predicted molar refractivity (Wildman–Crippen MR) is 103 cm³/mol. The van der Waals surface area contributed by atoms with Crippen molar-refractivity contribution in [2.45, 2.75) is 43.9 Å². The third-order valence-corrected chi connectivity index (χ3v) is 6.80. The van der Waals surface area contributed by atoms with Crippen LogP contribution in [0.3, 0.4) is 0 Å². The van der Waals surface area contributed by atoms with E-state index in [-0.39, 0.29) is 11.2 Å². The lowest BCUT2D eigenvalue weighted by Crippen LogP contribution is -2.46. The highest BCUT2D eigenvalue weighted by Crippen LogP contribution is 2.41. The van der Waals surface area contributed by atoms with Crippen molar-refractivity contribution in [3.63, 3.8) is 0 Å². The maximum absolute atomic E-state index is 11.2. The molecular formula is C17H29N3O2S2. The van der Waals surface area contributed by atoms with Crippen LogP contribution in [-0.4, -0.2) is 46.5 Å². The molecule has 7 heteroatoms. The topological polar surface area (TPSA) is 70.6 Å². The molecule has 136 valence electrons. The molecule has 24 heavy (non-hydrogen) atoms. The van der Waals surface area contributed by atoms with Crippen LogP contribution in [0.5, 0.6) is 0 Å². The van der Waals surface area contributed by atoms with Crippen LogP contribution in [0.2, 0.25) is 0 Å². The lowest BCUT2D eigenvalue weighted by molar-refractivity contribution is 0.296. The zero-order valence-corrected chi connectivity index (χ0v) is 16.3. The molecule has 5 nitrogen and oxygen atoms in total. The van der Waals surface area contributed by atoms with Crippen molar-refractivity contribution < 1.29 is 8.42 Å². The van der Waals surface area contributed by atoms with E-state index in [0.717, 1.165) is 12.5 Å². The summed E-state index contributed by atoms with van der Waals surface area (Å²) in [6.45, 7) is 1.48. The van der Waals surface area contributed by atoms with Gasteiger partial charge in [-0.05, 0) is 30.7 Å². The highest BCUT2D eigenvalue weighted by Gasteiger charge is 2.34. The fraction of sp³-hybridized carbons (Fsp3) is 0.706. The maximum Gasteiger partial charge on any atom is 0.191 e. The predicted octanol–water partition coefficient (Wildman–Crippen LogP) is 2.55. The van der Waals surface area contributed by atoms with E-state index in [1.54, 1.807) is 7.05 Å². The van der Waals surface area contributed by atoms with Gasteiger partial charge in [0.15, 0.2) is 5.96 Å². The van der Waals surface area contributed by atoms with Crippen LogP contribution in [0.15, 0.2) is 22.5 Å². The van der Waals surface area contributed by atoms with Crippen molar-refractivity contribution >= 4 is 27.1 Å². The highest BCUT2D eigenvalue weighted by atomic mass is 32.2. The Hall–Kier alpha value is -1.08. The zero-order chi connectivity index (χ0) is 17.5. The molecule has 0 amide bonds. The van der Waals surface area contributed by atoms with E-state index in [1.165, 1.54) is 43.2 Å². The number of nitrogens with zero attached hydrogens (tertiary/aromatic N) is 1. The number of nitrogens with one attached hydrogen (secondary N) is 2. The van der Waals surface area contributed by atoms with E-state index < -0.39 is 9.84 Å². The minimum absolute atomic E-state index is 0.204. The van der Waals surface area contributed by atoms with E-state index in [9.17, 15) is 8.42 Å². The van der Waals surface area contributed by atoms with Crippen molar-refractivity contribution in [3.8, 4) is 0 Å². The van der Waals surface area contributed by atoms with Gasteiger partial charge in [0.25, 0.3) is 0 Å². The molecule has 0 aliphatic heterocycles. The quantitative estimate of drug-likeness (QED) is 0.439. The molecule has 0 bridgehead atoms.